The number of aryl methyl sites for hydroxylation is 2. The second-order valence-electron chi connectivity index (χ2n) is 6.47. The van der Waals surface area contributed by atoms with Crippen molar-refractivity contribution in [2.75, 3.05) is 0 Å². The van der Waals surface area contributed by atoms with Gasteiger partial charge >= 0.3 is 0 Å². The Kier molecular flexibility index (Phi) is 2.66. The van der Waals surface area contributed by atoms with Crippen LogP contribution in [0.5, 0.6) is 0 Å². The highest BCUT2D eigenvalue weighted by Crippen LogP contribution is 2.38. The Balaban J connectivity index is 2.10. The molecule has 116 valence electrons. The highest BCUT2D eigenvalue weighted by molar-refractivity contribution is 6.21. The Labute approximate surface area is 140 Å². The van der Waals surface area contributed by atoms with Gasteiger partial charge in [-0.2, -0.15) is 0 Å². The minimum absolute atomic E-state index is 1.20. The van der Waals surface area contributed by atoms with Crippen molar-refractivity contribution >= 4 is 32.8 Å². The van der Waals surface area contributed by atoms with Gasteiger partial charge in [-0.25, -0.2) is 0 Å². The van der Waals surface area contributed by atoms with E-state index in [1.54, 1.807) is 0 Å². The molecule has 0 aliphatic rings. The van der Waals surface area contributed by atoms with Crippen LogP contribution in [0.15, 0.2) is 72.8 Å². The van der Waals surface area contributed by atoms with E-state index >= 15 is 0 Å². The summed E-state index contributed by atoms with van der Waals surface area (Å²) in [6.07, 6.45) is 0. The largest absolute Gasteiger partial charge is 0.329 e. The van der Waals surface area contributed by atoms with E-state index in [1.165, 1.54) is 44.1 Å². The summed E-state index contributed by atoms with van der Waals surface area (Å²) < 4.78 is 4.69. The summed E-state index contributed by atoms with van der Waals surface area (Å²) in [6.45, 7) is 2.16. The van der Waals surface area contributed by atoms with Crippen molar-refractivity contribution in [3.63, 3.8) is 0 Å². The normalized spacial score (nSPS) is 11.8. The third kappa shape index (κ3) is 1.65. The maximum absolute atomic E-state index is 2.38. The van der Waals surface area contributed by atoms with Gasteiger partial charge in [-0.3, -0.25) is 4.57 Å². The van der Waals surface area contributed by atoms with E-state index in [-0.39, 0.29) is 0 Å². The number of rotatable bonds is 1. The van der Waals surface area contributed by atoms with Crippen LogP contribution in [0.4, 0.5) is 0 Å². The maximum atomic E-state index is 2.38. The molecule has 2 heteroatoms. The number of benzene rings is 3. The molecule has 2 heterocycles. The van der Waals surface area contributed by atoms with E-state index in [2.05, 4.69) is 95.9 Å². The predicted octanol–water partition coefficient (Wildman–Crippen LogP) is 5.58. The number of hydrogen-bond acceptors (Lipinski definition) is 0. The van der Waals surface area contributed by atoms with Gasteiger partial charge in [-0.1, -0.05) is 48.0 Å². The first-order valence-corrected chi connectivity index (χ1v) is 8.29. The molecule has 5 aromatic rings. The number of hydrogen-bond donors (Lipinski definition) is 0. The third-order valence-electron chi connectivity index (χ3n) is 4.96. The lowest BCUT2D eigenvalue weighted by Crippen LogP contribution is -1.98. The first-order valence-electron chi connectivity index (χ1n) is 8.29. The van der Waals surface area contributed by atoms with Crippen molar-refractivity contribution in [1.82, 2.24) is 9.13 Å². The zero-order valence-electron chi connectivity index (χ0n) is 13.8. The molecular weight excluding hydrogens is 292 g/mol. The lowest BCUT2D eigenvalue weighted by molar-refractivity contribution is 0.962. The molecule has 2 nitrogen and oxygen atoms in total. The topological polar surface area (TPSA) is 9.86 Å². The Hall–Kier alpha value is -3.00. The van der Waals surface area contributed by atoms with Crippen molar-refractivity contribution in [2.24, 2.45) is 7.05 Å². The summed E-state index contributed by atoms with van der Waals surface area (Å²) in [5.41, 5.74) is 6.29. The summed E-state index contributed by atoms with van der Waals surface area (Å²) in [5, 5.41) is 3.99. The van der Waals surface area contributed by atoms with Crippen molar-refractivity contribution in [3.05, 3.63) is 78.4 Å². The number of nitrogens with zero attached hydrogens (tertiary/aromatic N) is 2. The van der Waals surface area contributed by atoms with Gasteiger partial charge in [0.2, 0.25) is 0 Å². The average Bonchev–Trinajstić information content (AvgIpc) is 3.09. The van der Waals surface area contributed by atoms with E-state index in [1.807, 2.05) is 0 Å². The van der Waals surface area contributed by atoms with E-state index in [4.69, 9.17) is 0 Å². The SMILES string of the molecule is Cc1ccc2c(c1)c1c3ccccc3n(-c3ccccc3)c1n2C. The fourth-order valence-corrected chi connectivity index (χ4v) is 3.90. The molecule has 3 aromatic carbocycles. The van der Waals surface area contributed by atoms with Crippen molar-refractivity contribution in [3.8, 4) is 5.69 Å². The lowest BCUT2D eigenvalue weighted by atomic mass is 10.1. The monoisotopic (exact) mass is 310 g/mol. The summed E-state index contributed by atoms with van der Waals surface area (Å²) >= 11 is 0. The van der Waals surface area contributed by atoms with Crippen LogP contribution in [-0.4, -0.2) is 9.13 Å². The molecule has 0 spiro atoms. The van der Waals surface area contributed by atoms with Gasteiger partial charge in [-0.05, 0) is 37.3 Å². The minimum Gasteiger partial charge on any atom is -0.329 e. The zero-order chi connectivity index (χ0) is 16.3. The van der Waals surface area contributed by atoms with E-state index in [0.717, 1.165) is 0 Å². The average molecular weight is 310 g/mol. The second kappa shape index (κ2) is 4.75. The number of para-hydroxylation sites is 2. The van der Waals surface area contributed by atoms with Gasteiger partial charge in [0.25, 0.3) is 0 Å². The molecule has 0 atom stereocenters. The first-order chi connectivity index (χ1) is 11.8. The summed E-state index contributed by atoms with van der Waals surface area (Å²) in [5.74, 6) is 0. The van der Waals surface area contributed by atoms with Gasteiger partial charge in [0.15, 0.2) is 0 Å². The molecule has 24 heavy (non-hydrogen) atoms. The smallest absolute Gasteiger partial charge is 0.126 e. The second-order valence-corrected chi connectivity index (χ2v) is 6.47. The third-order valence-corrected chi connectivity index (χ3v) is 4.96. The Morgan fingerprint density at radius 2 is 1.46 bits per heavy atom. The fourth-order valence-electron chi connectivity index (χ4n) is 3.90. The highest BCUT2D eigenvalue weighted by atomic mass is 15.1. The predicted molar refractivity (Wildman–Crippen MR) is 102 cm³/mol. The molecule has 0 aliphatic carbocycles. The molecule has 0 aliphatic heterocycles. The van der Waals surface area contributed by atoms with Crippen molar-refractivity contribution < 1.29 is 0 Å². The molecular formula is C22H18N2. The zero-order valence-corrected chi connectivity index (χ0v) is 13.8. The molecule has 0 amide bonds. The molecule has 0 bridgehead atoms. The molecule has 2 aromatic heterocycles. The van der Waals surface area contributed by atoms with Crippen LogP contribution >= 0.6 is 0 Å². The standard InChI is InChI=1S/C22H18N2/c1-15-12-13-19-18(14-15)21-17-10-6-7-11-20(17)24(22(21)23(19)2)16-8-4-3-5-9-16/h3-14H,1-2H3. The molecule has 0 saturated heterocycles. The van der Waals surface area contributed by atoms with E-state index in [0.29, 0.717) is 0 Å². The fraction of sp³-hybridized carbons (Fsp3) is 0.0909. The lowest BCUT2D eigenvalue weighted by Gasteiger charge is -2.09. The van der Waals surface area contributed by atoms with E-state index in [9.17, 15) is 0 Å². The maximum Gasteiger partial charge on any atom is 0.126 e. The van der Waals surface area contributed by atoms with Crippen LogP contribution in [0.3, 0.4) is 0 Å². The summed E-state index contributed by atoms with van der Waals surface area (Å²) in [7, 11) is 2.16. The van der Waals surface area contributed by atoms with Gasteiger partial charge in [0.1, 0.15) is 5.65 Å². The van der Waals surface area contributed by atoms with Crippen molar-refractivity contribution in [2.45, 2.75) is 6.92 Å². The minimum atomic E-state index is 1.20. The van der Waals surface area contributed by atoms with E-state index < -0.39 is 0 Å². The first kappa shape index (κ1) is 13.4. The van der Waals surface area contributed by atoms with Gasteiger partial charge in [0.05, 0.1) is 11.0 Å². The summed E-state index contributed by atoms with van der Waals surface area (Å²) in [6, 6.07) is 26.0. The van der Waals surface area contributed by atoms with Crippen LogP contribution in [0.2, 0.25) is 0 Å². The molecule has 0 unspecified atom stereocenters. The van der Waals surface area contributed by atoms with Crippen LogP contribution in [-0.2, 0) is 7.05 Å². The molecule has 5 rings (SSSR count). The van der Waals surface area contributed by atoms with Gasteiger partial charge < -0.3 is 4.57 Å². The molecule has 0 fully saturated rings. The Morgan fingerprint density at radius 3 is 2.29 bits per heavy atom. The van der Waals surface area contributed by atoms with Crippen molar-refractivity contribution in [1.29, 1.82) is 0 Å². The Bertz CT molecular complexity index is 1210. The molecule has 0 saturated carbocycles. The van der Waals surface area contributed by atoms with Crippen LogP contribution in [0, 0.1) is 6.92 Å². The highest BCUT2D eigenvalue weighted by Gasteiger charge is 2.18. The number of aromatic nitrogens is 2. The van der Waals surface area contributed by atoms with Crippen LogP contribution in [0.25, 0.3) is 38.5 Å². The van der Waals surface area contributed by atoms with Gasteiger partial charge in [0, 0.05) is 28.9 Å². The quantitative estimate of drug-likeness (QED) is 0.382. The Morgan fingerprint density at radius 1 is 0.708 bits per heavy atom. The van der Waals surface area contributed by atoms with Gasteiger partial charge in [-0.15, -0.1) is 0 Å². The van der Waals surface area contributed by atoms with Crippen LogP contribution in [0.1, 0.15) is 5.56 Å². The number of fused-ring (bicyclic) bond motifs is 5. The molecule has 0 N–H and O–H groups in total. The summed E-state index contributed by atoms with van der Waals surface area (Å²) in [4.78, 5) is 0. The molecule has 0 radical (unpaired) electrons. The van der Waals surface area contributed by atoms with Crippen LogP contribution < -0.4 is 0 Å².